The van der Waals surface area contributed by atoms with Crippen molar-refractivity contribution in [2.45, 2.75) is 25.8 Å². The van der Waals surface area contributed by atoms with Crippen molar-refractivity contribution in [2.75, 3.05) is 13.1 Å². The molecule has 1 unspecified atom stereocenters. The number of nitro benzene ring substituents is 1. The summed E-state index contributed by atoms with van der Waals surface area (Å²) in [4.78, 5) is 22.4. The lowest BCUT2D eigenvalue weighted by molar-refractivity contribution is -0.385. The highest BCUT2D eigenvalue weighted by atomic mass is 16.6. The summed E-state index contributed by atoms with van der Waals surface area (Å²) in [6.45, 7) is 3.27. The second-order valence-corrected chi connectivity index (χ2v) is 4.78. The second kappa shape index (κ2) is 5.79. The molecule has 2 rings (SSSR count). The van der Waals surface area contributed by atoms with Gasteiger partial charge in [-0.15, -0.1) is 0 Å². The fourth-order valence-corrected chi connectivity index (χ4v) is 2.23. The lowest BCUT2D eigenvalue weighted by atomic mass is 10.1. The molecule has 0 radical (unpaired) electrons. The maximum atomic E-state index is 12.0. The van der Waals surface area contributed by atoms with Crippen LogP contribution in [0.2, 0.25) is 0 Å². The predicted octanol–water partition coefficient (Wildman–Crippen LogP) is 1.39. The molecular formula is C13H17N3O3. The summed E-state index contributed by atoms with van der Waals surface area (Å²) in [6.07, 6.45) is 2.13. The summed E-state index contributed by atoms with van der Waals surface area (Å²) >= 11 is 0. The lowest BCUT2D eigenvalue weighted by Gasteiger charge is -2.11. The van der Waals surface area contributed by atoms with Crippen molar-refractivity contribution >= 4 is 11.6 Å². The van der Waals surface area contributed by atoms with Gasteiger partial charge in [0, 0.05) is 18.7 Å². The number of aryl methyl sites for hydroxylation is 1. The topological polar surface area (TPSA) is 84.3 Å². The molecule has 0 aromatic heterocycles. The molecule has 0 bridgehead atoms. The van der Waals surface area contributed by atoms with Crippen molar-refractivity contribution in [1.82, 2.24) is 10.6 Å². The Balaban J connectivity index is 2.08. The first kappa shape index (κ1) is 13.5. The Morgan fingerprint density at radius 3 is 3.00 bits per heavy atom. The summed E-state index contributed by atoms with van der Waals surface area (Å²) in [5.74, 6) is -0.385. The molecule has 2 N–H and O–H groups in total. The van der Waals surface area contributed by atoms with Crippen molar-refractivity contribution in [2.24, 2.45) is 0 Å². The van der Waals surface area contributed by atoms with Gasteiger partial charge in [-0.05, 0) is 37.9 Å². The van der Waals surface area contributed by atoms with Crippen LogP contribution in [-0.2, 0) is 0 Å². The van der Waals surface area contributed by atoms with Crippen molar-refractivity contribution in [3.8, 4) is 0 Å². The van der Waals surface area contributed by atoms with E-state index in [1.165, 1.54) is 6.07 Å². The second-order valence-electron chi connectivity index (χ2n) is 4.78. The number of carbonyl (C=O) groups excluding carboxylic acids is 1. The van der Waals surface area contributed by atoms with E-state index in [1.54, 1.807) is 19.1 Å². The molecule has 1 aliphatic heterocycles. The standard InChI is InChI=1S/C13H17N3O3/c1-9-4-5-12(16(18)19)11(7-9)13(17)15-8-10-3-2-6-14-10/h4-5,7,10,14H,2-3,6,8H2,1H3,(H,15,17). The van der Waals surface area contributed by atoms with Gasteiger partial charge in [-0.25, -0.2) is 0 Å². The summed E-state index contributed by atoms with van der Waals surface area (Å²) in [5.41, 5.74) is 0.806. The molecule has 19 heavy (non-hydrogen) atoms. The van der Waals surface area contributed by atoms with E-state index in [4.69, 9.17) is 0 Å². The lowest BCUT2D eigenvalue weighted by Crippen LogP contribution is -2.37. The highest BCUT2D eigenvalue weighted by Gasteiger charge is 2.21. The van der Waals surface area contributed by atoms with Crippen LogP contribution in [0.4, 0.5) is 5.69 Å². The van der Waals surface area contributed by atoms with Gasteiger partial charge in [0.25, 0.3) is 11.6 Å². The van der Waals surface area contributed by atoms with E-state index in [2.05, 4.69) is 10.6 Å². The van der Waals surface area contributed by atoms with Crippen LogP contribution in [0.5, 0.6) is 0 Å². The van der Waals surface area contributed by atoms with Crippen LogP contribution in [0.3, 0.4) is 0 Å². The van der Waals surface area contributed by atoms with Gasteiger partial charge in [-0.2, -0.15) is 0 Å². The zero-order chi connectivity index (χ0) is 13.8. The van der Waals surface area contributed by atoms with Gasteiger partial charge in [0.05, 0.1) is 4.92 Å². The maximum absolute atomic E-state index is 12.0. The smallest absolute Gasteiger partial charge is 0.282 e. The number of hydrogen-bond donors (Lipinski definition) is 2. The molecule has 102 valence electrons. The van der Waals surface area contributed by atoms with Crippen LogP contribution in [0, 0.1) is 17.0 Å². The fourth-order valence-electron chi connectivity index (χ4n) is 2.23. The Labute approximate surface area is 111 Å². The monoisotopic (exact) mass is 263 g/mol. The molecule has 1 saturated heterocycles. The average molecular weight is 263 g/mol. The molecule has 1 aliphatic rings. The maximum Gasteiger partial charge on any atom is 0.282 e. The molecule has 0 saturated carbocycles. The Bertz CT molecular complexity index is 496. The van der Waals surface area contributed by atoms with Crippen LogP contribution >= 0.6 is 0 Å². The first-order valence-corrected chi connectivity index (χ1v) is 6.34. The van der Waals surface area contributed by atoms with Gasteiger partial charge in [-0.1, -0.05) is 6.07 Å². The molecule has 0 aliphatic carbocycles. The summed E-state index contributed by atoms with van der Waals surface area (Å²) in [6, 6.07) is 4.83. The van der Waals surface area contributed by atoms with E-state index in [0.717, 1.165) is 24.9 Å². The number of carbonyl (C=O) groups is 1. The van der Waals surface area contributed by atoms with E-state index < -0.39 is 4.92 Å². The number of benzene rings is 1. The third kappa shape index (κ3) is 3.29. The van der Waals surface area contributed by atoms with Gasteiger partial charge in [0.2, 0.25) is 0 Å². The Morgan fingerprint density at radius 1 is 1.58 bits per heavy atom. The molecule has 1 atom stereocenters. The van der Waals surface area contributed by atoms with Crippen molar-refractivity contribution in [3.05, 3.63) is 39.4 Å². The van der Waals surface area contributed by atoms with E-state index in [1.807, 2.05) is 0 Å². The van der Waals surface area contributed by atoms with Crippen LogP contribution in [-0.4, -0.2) is 30.0 Å². The largest absolute Gasteiger partial charge is 0.350 e. The van der Waals surface area contributed by atoms with Gasteiger partial charge < -0.3 is 10.6 Å². The van der Waals surface area contributed by atoms with E-state index in [0.29, 0.717) is 6.54 Å². The number of nitrogens with zero attached hydrogens (tertiary/aromatic N) is 1. The third-order valence-electron chi connectivity index (χ3n) is 3.26. The third-order valence-corrected chi connectivity index (χ3v) is 3.26. The zero-order valence-electron chi connectivity index (χ0n) is 10.8. The van der Waals surface area contributed by atoms with Crippen molar-refractivity contribution in [3.63, 3.8) is 0 Å². The van der Waals surface area contributed by atoms with Gasteiger partial charge in [-0.3, -0.25) is 14.9 Å². The molecule has 6 nitrogen and oxygen atoms in total. The molecule has 1 aromatic rings. The van der Waals surface area contributed by atoms with Crippen molar-refractivity contribution < 1.29 is 9.72 Å². The Morgan fingerprint density at radius 2 is 2.37 bits per heavy atom. The minimum absolute atomic E-state index is 0.128. The summed E-state index contributed by atoms with van der Waals surface area (Å²) in [5, 5.41) is 16.9. The van der Waals surface area contributed by atoms with Gasteiger partial charge >= 0.3 is 0 Å². The Hall–Kier alpha value is -1.95. The summed E-state index contributed by atoms with van der Waals surface area (Å²) in [7, 11) is 0. The van der Waals surface area contributed by atoms with Crippen LogP contribution < -0.4 is 10.6 Å². The fraction of sp³-hybridized carbons (Fsp3) is 0.462. The number of amides is 1. The number of hydrogen-bond acceptors (Lipinski definition) is 4. The molecule has 1 aromatic carbocycles. The summed E-state index contributed by atoms with van der Waals surface area (Å²) < 4.78 is 0. The quantitative estimate of drug-likeness (QED) is 0.635. The molecule has 1 heterocycles. The predicted molar refractivity (Wildman–Crippen MR) is 71.2 cm³/mol. The van der Waals surface area contributed by atoms with Crippen LogP contribution in [0.15, 0.2) is 18.2 Å². The van der Waals surface area contributed by atoms with Gasteiger partial charge in [0.15, 0.2) is 0 Å². The van der Waals surface area contributed by atoms with E-state index in [-0.39, 0.29) is 23.2 Å². The first-order chi connectivity index (χ1) is 9.08. The number of nitrogens with one attached hydrogen (secondary N) is 2. The van der Waals surface area contributed by atoms with Crippen LogP contribution in [0.1, 0.15) is 28.8 Å². The minimum atomic E-state index is -0.526. The minimum Gasteiger partial charge on any atom is -0.350 e. The molecule has 6 heteroatoms. The molecule has 1 fully saturated rings. The normalized spacial score (nSPS) is 18.3. The molecule has 1 amide bonds. The van der Waals surface area contributed by atoms with Crippen LogP contribution in [0.25, 0.3) is 0 Å². The van der Waals surface area contributed by atoms with E-state index >= 15 is 0 Å². The zero-order valence-corrected chi connectivity index (χ0v) is 10.8. The molecule has 0 spiro atoms. The van der Waals surface area contributed by atoms with Gasteiger partial charge in [0.1, 0.15) is 5.56 Å². The van der Waals surface area contributed by atoms with E-state index in [9.17, 15) is 14.9 Å². The highest BCUT2D eigenvalue weighted by molar-refractivity contribution is 5.98. The molecular weight excluding hydrogens is 246 g/mol. The highest BCUT2D eigenvalue weighted by Crippen LogP contribution is 2.19. The SMILES string of the molecule is Cc1ccc([N+](=O)[O-])c(C(=O)NCC2CCCN2)c1. The first-order valence-electron chi connectivity index (χ1n) is 6.34. The van der Waals surface area contributed by atoms with Crippen molar-refractivity contribution in [1.29, 1.82) is 0 Å². The average Bonchev–Trinajstić information content (AvgIpc) is 2.88. The number of nitro groups is 1. The number of rotatable bonds is 4. The Kier molecular flexibility index (Phi) is 4.11.